The van der Waals surface area contributed by atoms with Gasteiger partial charge in [-0.3, -0.25) is 4.79 Å². The van der Waals surface area contributed by atoms with Crippen molar-refractivity contribution in [2.75, 3.05) is 0 Å². The van der Waals surface area contributed by atoms with Crippen molar-refractivity contribution in [1.29, 1.82) is 0 Å². The SMILES string of the molecule is CCC(NC(=O)C(C)C(N)c1ccccc1)C(C)C. The summed E-state index contributed by atoms with van der Waals surface area (Å²) < 4.78 is 0. The van der Waals surface area contributed by atoms with Gasteiger partial charge in [0.25, 0.3) is 0 Å². The Balaban J connectivity index is 2.66. The Morgan fingerprint density at radius 1 is 1.21 bits per heavy atom. The summed E-state index contributed by atoms with van der Waals surface area (Å²) in [6.07, 6.45) is 0.941. The van der Waals surface area contributed by atoms with Gasteiger partial charge in [0.1, 0.15) is 0 Å². The molecule has 106 valence electrons. The predicted molar refractivity (Wildman–Crippen MR) is 79.6 cm³/mol. The molecule has 1 rings (SSSR count). The molecule has 0 saturated carbocycles. The topological polar surface area (TPSA) is 55.1 Å². The van der Waals surface area contributed by atoms with E-state index in [4.69, 9.17) is 5.73 Å². The van der Waals surface area contributed by atoms with E-state index in [1.165, 1.54) is 0 Å². The second-order valence-electron chi connectivity index (χ2n) is 5.49. The normalized spacial score (nSPS) is 15.9. The summed E-state index contributed by atoms with van der Waals surface area (Å²) in [4.78, 5) is 12.2. The van der Waals surface area contributed by atoms with Crippen LogP contribution in [-0.2, 0) is 4.79 Å². The highest BCUT2D eigenvalue weighted by atomic mass is 16.2. The average Bonchev–Trinajstić information content (AvgIpc) is 2.43. The van der Waals surface area contributed by atoms with Crippen molar-refractivity contribution in [1.82, 2.24) is 5.32 Å². The first-order valence-electron chi connectivity index (χ1n) is 7.08. The summed E-state index contributed by atoms with van der Waals surface area (Å²) in [5.41, 5.74) is 7.17. The number of carbonyl (C=O) groups is 1. The molecule has 3 heteroatoms. The number of carbonyl (C=O) groups excluding carboxylic acids is 1. The van der Waals surface area contributed by atoms with Crippen molar-refractivity contribution >= 4 is 5.91 Å². The van der Waals surface area contributed by atoms with Gasteiger partial charge in [0, 0.05) is 12.1 Å². The maximum Gasteiger partial charge on any atom is 0.224 e. The number of amides is 1. The molecule has 0 bridgehead atoms. The van der Waals surface area contributed by atoms with E-state index in [1.807, 2.05) is 37.3 Å². The molecule has 19 heavy (non-hydrogen) atoms. The van der Waals surface area contributed by atoms with Crippen LogP contribution in [0, 0.1) is 11.8 Å². The van der Waals surface area contributed by atoms with Crippen LogP contribution < -0.4 is 11.1 Å². The van der Waals surface area contributed by atoms with Crippen molar-refractivity contribution in [2.24, 2.45) is 17.6 Å². The number of nitrogens with one attached hydrogen (secondary N) is 1. The zero-order valence-electron chi connectivity index (χ0n) is 12.4. The second kappa shape index (κ2) is 7.29. The third kappa shape index (κ3) is 4.35. The highest BCUT2D eigenvalue weighted by molar-refractivity contribution is 5.79. The van der Waals surface area contributed by atoms with Crippen molar-refractivity contribution in [3.63, 3.8) is 0 Å². The lowest BCUT2D eigenvalue weighted by molar-refractivity contribution is -0.126. The highest BCUT2D eigenvalue weighted by Gasteiger charge is 2.24. The van der Waals surface area contributed by atoms with E-state index in [-0.39, 0.29) is 23.9 Å². The van der Waals surface area contributed by atoms with E-state index in [0.29, 0.717) is 5.92 Å². The van der Waals surface area contributed by atoms with Crippen LogP contribution in [0.3, 0.4) is 0 Å². The lowest BCUT2D eigenvalue weighted by atomic mass is 9.93. The standard InChI is InChI=1S/C16H26N2O/c1-5-14(11(2)3)18-16(19)12(4)15(17)13-9-7-6-8-10-13/h6-12,14-15H,5,17H2,1-4H3,(H,18,19). The summed E-state index contributed by atoms with van der Waals surface area (Å²) in [5.74, 6) is 0.251. The fourth-order valence-corrected chi connectivity index (χ4v) is 2.18. The van der Waals surface area contributed by atoms with Crippen LogP contribution >= 0.6 is 0 Å². The lowest BCUT2D eigenvalue weighted by Crippen LogP contribution is -2.43. The fourth-order valence-electron chi connectivity index (χ4n) is 2.18. The zero-order chi connectivity index (χ0) is 14.4. The first kappa shape index (κ1) is 15.7. The number of benzene rings is 1. The van der Waals surface area contributed by atoms with E-state index in [1.54, 1.807) is 0 Å². The molecule has 1 amide bonds. The zero-order valence-corrected chi connectivity index (χ0v) is 12.4. The van der Waals surface area contributed by atoms with Gasteiger partial charge in [-0.05, 0) is 17.9 Å². The molecule has 0 radical (unpaired) electrons. The first-order valence-corrected chi connectivity index (χ1v) is 7.08. The molecule has 3 atom stereocenters. The monoisotopic (exact) mass is 262 g/mol. The van der Waals surface area contributed by atoms with Gasteiger partial charge in [-0.15, -0.1) is 0 Å². The minimum Gasteiger partial charge on any atom is -0.353 e. The van der Waals surface area contributed by atoms with Gasteiger partial charge < -0.3 is 11.1 Å². The molecule has 0 aromatic heterocycles. The summed E-state index contributed by atoms with van der Waals surface area (Å²) in [5, 5.41) is 3.10. The van der Waals surface area contributed by atoms with Crippen molar-refractivity contribution in [3.05, 3.63) is 35.9 Å². The Morgan fingerprint density at radius 3 is 2.26 bits per heavy atom. The highest BCUT2D eigenvalue weighted by Crippen LogP contribution is 2.19. The molecular formula is C16H26N2O. The Kier molecular flexibility index (Phi) is 6.03. The molecule has 0 aliphatic rings. The molecule has 1 aromatic rings. The van der Waals surface area contributed by atoms with Gasteiger partial charge in [-0.1, -0.05) is 58.0 Å². The number of hydrogen-bond donors (Lipinski definition) is 2. The molecular weight excluding hydrogens is 236 g/mol. The number of nitrogens with two attached hydrogens (primary N) is 1. The van der Waals surface area contributed by atoms with Crippen molar-refractivity contribution in [2.45, 2.75) is 46.2 Å². The van der Waals surface area contributed by atoms with Crippen LogP contribution in [0.1, 0.15) is 45.7 Å². The molecule has 0 aliphatic heterocycles. The molecule has 0 spiro atoms. The fraction of sp³-hybridized carbons (Fsp3) is 0.562. The van der Waals surface area contributed by atoms with E-state index >= 15 is 0 Å². The van der Waals surface area contributed by atoms with Crippen LogP contribution in [0.25, 0.3) is 0 Å². The van der Waals surface area contributed by atoms with E-state index in [0.717, 1.165) is 12.0 Å². The van der Waals surface area contributed by atoms with Crippen LogP contribution in [-0.4, -0.2) is 11.9 Å². The van der Waals surface area contributed by atoms with Crippen LogP contribution in [0.2, 0.25) is 0 Å². The minimum atomic E-state index is -0.258. The van der Waals surface area contributed by atoms with Gasteiger partial charge >= 0.3 is 0 Å². The van der Waals surface area contributed by atoms with E-state index in [2.05, 4.69) is 26.1 Å². The molecule has 3 unspecified atom stereocenters. The maximum atomic E-state index is 12.2. The Hall–Kier alpha value is -1.35. The summed E-state index contributed by atoms with van der Waals surface area (Å²) in [7, 11) is 0. The molecule has 0 fully saturated rings. The first-order chi connectivity index (χ1) is 8.97. The summed E-state index contributed by atoms with van der Waals surface area (Å²) >= 11 is 0. The van der Waals surface area contributed by atoms with Crippen LogP contribution in [0.5, 0.6) is 0 Å². The third-order valence-electron chi connectivity index (χ3n) is 3.71. The van der Waals surface area contributed by atoms with Gasteiger partial charge in [0.2, 0.25) is 5.91 Å². The predicted octanol–water partition coefficient (Wildman–Crippen LogP) is 2.87. The largest absolute Gasteiger partial charge is 0.353 e. The smallest absolute Gasteiger partial charge is 0.224 e. The summed E-state index contributed by atoms with van der Waals surface area (Å²) in [6.45, 7) is 8.22. The van der Waals surface area contributed by atoms with Gasteiger partial charge in [-0.25, -0.2) is 0 Å². The quantitative estimate of drug-likeness (QED) is 0.828. The third-order valence-corrected chi connectivity index (χ3v) is 3.71. The molecule has 0 saturated heterocycles. The molecule has 3 N–H and O–H groups in total. The summed E-state index contributed by atoms with van der Waals surface area (Å²) in [6, 6.07) is 9.74. The minimum absolute atomic E-state index is 0.0388. The molecule has 0 aliphatic carbocycles. The molecule has 0 heterocycles. The Labute approximate surface area is 116 Å². The molecule has 1 aromatic carbocycles. The van der Waals surface area contributed by atoms with Crippen LogP contribution in [0.4, 0.5) is 0 Å². The van der Waals surface area contributed by atoms with Gasteiger partial charge in [-0.2, -0.15) is 0 Å². The van der Waals surface area contributed by atoms with E-state index in [9.17, 15) is 4.79 Å². The van der Waals surface area contributed by atoms with Crippen LogP contribution in [0.15, 0.2) is 30.3 Å². The van der Waals surface area contributed by atoms with Crippen molar-refractivity contribution in [3.8, 4) is 0 Å². The average molecular weight is 262 g/mol. The number of rotatable bonds is 6. The number of hydrogen-bond acceptors (Lipinski definition) is 2. The maximum absolute atomic E-state index is 12.2. The molecule has 3 nitrogen and oxygen atoms in total. The Morgan fingerprint density at radius 2 is 1.79 bits per heavy atom. The van der Waals surface area contributed by atoms with E-state index < -0.39 is 0 Å². The van der Waals surface area contributed by atoms with Gasteiger partial charge in [0.05, 0.1) is 5.92 Å². The Bertz CT molecular complexity index is 389. The van der Waals surface area contributed by atoms with Gasteiger partial charge in [0.15, 0.2) is 0 Å². The second-order valence-corrected chi connectivity index (χ2v) is 5.49. The lowest BCUT2D eigenvalue weighted by Gasteiger charge is -2.25. The van der Waals surface area contributed by atoms with Crippen molar-refractivity contribution < 1.29 is 4.79 Å².